The molecular formula is C96H94N12. The monoisotopic (exact) mass is 1410 g/mol. The third kappa shape index (κ3) is 12.3. The van der Waals surface area contributed by atoms with Crippen LogP contribution >= 0.6 is 0 Å². The molecule has 16 rings (SSSR count). The summed E-state index contributed by atoms with van der Waals surface area (Å²) >= 11 is 0. The summed E-state index contributed by atoms with van der Waals surface area (Å²) in [5, 5.41) is 10.1. The van der Waals surface area contributed by atoms with Crippen molar-refractivity contribution < 1.29 is 0 Å². The van der Waals surface area contributed by atoms with Gasteiger partial charge in [-0.2, -0.15) is 0 Å². The molecule has 0 fully saturated rings. The summed E-state index contributed by atoms with van der Waals surface area (Å²) in [6.07, 6.45) is 17.5. The fraction of sp³-hybridized carbons (Fsp3) is 0.250. The number of anilines is 12. The SMILES string of the molecule is CCc1ccc2cncnc2c1N(c1ccc(C(C)(C)C)cc1)c1cc(N(c2ccc(C(C)(C)C)cc2)c2c(CC)ccc3cncnc23)c2ccc3c(N(c4ccc(C(C)(C)C)cc4)c4c(CC)ccc5cncnc45)cc(N(c4ccc(C(C)(C)C)cc4)c4c(CC)ccc5cncnc45)c4ccc1c2c43. The molecule has 108 heavy (non-hydrogen) atoms. The van der Waals surface area contributed by atoms with Crippen molar-refractivity contribution in [2.75, 3.05) is 19.6 Å². The summed E-state index contributed by atoms with van der Waals surface area (Å²) in [4.78, 5) is 50.0. The van der Waals surface area contributed by atoms with Gasteiger partial charge in [-0.15, -0.1) is 0 Å². The first kappa shape index (κ1) is 70.5. The average Bonchev–Trinajstić information content (AvgIpc) is 0.695. The van der Waals surface area contributed by atoms with Crippen molar-refractivity contribution >= 4 is 144 Å². The first-order valence-electron chi connectivity index (χ1n) is 38.2. The van der Waals surface area contributed by atoms with Crippen molar-refractivity contribution in [3.63, 3.8) is 0 Å². The van der Waals surface area contributed by atoms with Crippen LogP contribution in [-0.4, -0.2) is 39.9 Å². The van der Waals surface area contributed by atoms with Gasteiger partial charge in [-0.05, 0) is 153 Å². The molecule has 12 aromatic carbocycles. The van der Waals surface area contributed by atoms with Crippen LogP contribution < -0.4 is 19.6 Å². The molecule has 0 unspecified atom stereocenters. The minimum absolute atomic E-state index is 0.124. The number of aromatic nitrogens is 8. The van der Waals surface area contributed by atoms with E-state index in [0.717, 1.165) is 192 Å². The van der Waals surface area contributed by atoms with Crippen LogP contribution in [-0.2, 0) is 47.3 Å². The van der Waals surface area contributed by atoms with E-state index < -0.39 is 0 Å². The lowest BCUT2D eigenvalue weighted by molar-refractivity contribution is 0.590. The molecule has 0 N–H and O–H groups in total. The molecule has 0 atom stereocenters. The van der Waals surface area contributed by atoms with Crippen LogP contribution in [0.4, 0.5) is 68.2 Å². The molecule has 12 nitrogen and oxygen atoms in total. The van der Waals surface area contributed by atoms with Crippen LogP contribution in [0.1, 0.15) is 155 Å². The normalized spacial score (nSPS) is 12.4. The minimum Gasteiger partial charge on any atom is -0.307 e. The number of fused-ring (bicyclic) bond motifs is 4. The van der Waals surface area contributed by atoms with Crippen LogP contribution in [0.5, 0.6) is 0 Å². The third-order valence-electron chi connectivity index (χ3n) is 22.1. The standard InChI is InChI=1S/C96H94N12/c1-17-59-21-25-63-51-97-55-101-85(63)89(59)105(71-37-29-67(30-38-71)93(5,6)7)79-49-80(106(72-39-31-68(32-40-72)94(8,9)10)90-60(18-2)22-26-64-52-98-56-102-86(64)90)76-47-48-78-82(108(74-43-35-70(36-44-74)96(14,15)16)92-62(20-4)24-28-66-54-100-58-104-88(66)92)50-81(77-46-45-75(79)83(76)84(77)78)107(73-41-33-69(34-42-73)95(11,12)13)91-61(19-3)23-27-65-53-99-57-103-87(65)91/h21-58H,17-20H2,1-16H3. The number of aryl methyl sites for hydroxylation is 4. The molecule has 16 aromatic rings. The van der Waals surface area contributed by atoms with Crippen LogP contribution in [0, 0.1) is 0 Å². The fourth-order valence-electron chi connectivity index (χ4n) is 16.1. The Morgan fingerprint density at radius 2 is 0.454 bits per heavy atom. The van der Waals surface area contributed by atoms with E-state index in [0.29, 0.717) is 0 Å². The van der Waals surface area contributed by atoms with E-state index in [9.17, 15) is 0 Å². The largest absolute Gasteiger partial charge is 0.307 e. The van der Waals surface area contributed by atoms with Crippen LogP contribution in [0.25, 0.3) is 75.9 Å². The van der Waals surface area contributed by atoms with Gasteiger partial charge in [0.1, 0.15) is 25.3 Å². The molecule has 0 radical (unpaired) electrons. The molecule has 0 saturated heterocycles. The van der Waals surface area contributed by atoms with E-state index in [1.807, 2.05) is 24.8 Å². The lowest BCUT2D eigenvalue weighted by Crippen LogP contribution is -2.19. The highest BCUT2D eigenvalue weighted by Gasteiger charge is 2.34. The lowest BCUT2D eigenvalue weighted by atomic mass is 9.86. The second-order valence-electron chi connectivity index (χ2n) is 33.0. The summed E-state index contributed by atoms with van der Waals surface area (Å²) in [5.41, 5.74) is 24.2. The predicted octanol–water partition coefficient (Wildman–Crippen LogP) is 25.7. The van der Waals surface area contributed by atoms with Crippen molar-refractivity contribution in [1.82, 2.24) is 39.9 Å². The van der Waals surface area contributed by atoms with E-state index in [1.54, 1.807) is 25.3 Å². The molecule has 4 heterocycles. The fourth-order valence-corrected chi connectivity index (χ4v) is 16.1. The van der Waals surface area contributed by atoms with Gasteiger partial charge in [0.15, 0.2) is 0 Å². The molecular weight excluding hydrogens is 1320 g/mol. The van der Waals surface area contributed by atoms with E-state index in [4.69, 9.17) is 19.9 Å². The van der Waals surface area contributed by atoms with Crippen LogP contribution in [0.2, 0.25) is 0 Å². The maximum atomic E-state index is 5.30. The molecule has 0 bridgehead atoms. The summed E-state index contributed by atoms with van der Waals surface area (Å²) in [6, 6.07) is 69.4. The van der Waals surface area contributed by atoms with E-state index in [1.165, 1.54) is 22.3 Å². The highest BCUT2D eigenvalue weighted by atomic mass is 15.2. The molecule has 0 saturated carbocycles. The lowest BCUT2D eigenvalue weighted by Gasteiger charge is -2.36. The first-order chi connectivity index (χ1) is 51.9. The third-order valence-corrected chi connectivity index (χ3v) is 22.1. The summed E-state index contributed by atoms with van der Waals surface area (Å²) in [6.45, 7) is 36.5. The van der Waals surface area contributed by atoms with Gasteiger partial charge in [0.05, 0.1) is 67.6 Å². The van der Waals surface area contributed by atoms with Gasteiger partial charge in [-0.1, -0.05) is 232 Å². The molecule has 0 spiro atoms. The first-order valence-corrected chi connectivity index (χ1v) is 38.2. The summed E-state index contributed by atoms with van der Waals surface area (Å²) in [7, 11) is 0. The Labute approximate surface area is 634 Å². The van der Waals surface area contributed by atoms with E-state index in [2.05, 4.69) is 332 Å². The maximum Gasteiger partial charge on any atom is 0.116 e. The Morgan fingerprint density at radius 1 is 0.250 bits per heavy atom. The molecule has 0 aliphatic carbocycles. The zero-order valence-electron chi connectivity index (χ0n) is 65.1. The predicted molar refractivity (Wildman–Crippen MR) is 454 cm³/mol. The highest BCUT2D eigenvalue weighted by molar-refractivity contribution is 6.33. The maximum absolute atomic E-state index is 5.30. The molecule has 4 aromatic heterocycles. The van der Waals surface area contributed by atoms with Gasteiger partial charge in [0.25, 0.3) is 0 Å². The average molecular weight is 1420 g/mol. The van der Waals surface area contributed by atoms with Crippen molar-refractivity contribution in [3.05, 3.63) is 277 Å². The zero-order chi connectivity index (χ0) is 75.3. The number of nitrogens with zero attached hydrogens (tertiary/aromatic N) is 12. The van der Waals surface area contributed by atoms with Crippen molar-refractivity contribution in [2.45, 2.75) is 158 Å². The molecule has 0 aliphatic rings. The van der Waals surface area contributed by atoms with Crippen LogP contribution in [0.15, 0.2) is 232 Å². The van der Waals surface area contributed by atoms with Crippen molar-refractivity contribution in [3.8, 4) is 0 Å². The second-order valence-corrected chi connectivity index (χ2v) is 33.0. The molecule has 0 amide bonds. The zero-order valence-corrected chi connectivity index (χ0v) is 65.1. The van der Waals surface area contributed by atoms with Gasteiger partial charge in [0.2, 0.25) is 0 Å². The van der Waals surface area contributed by atoms with E-state index in [-0.39, 0.29) is 21.7 Å². The number of benzene rings is 12. The Balaban J connectivity index is 1.17. The van der Waals surface area contributed by atoms with Crippen molar-refractivity contribution in [1.29, 1.82) is 0 Å². The van der Waals surface area contributed by atoms with E-state index >= 15 is 0 Å². The van der Waals surface area contributed by atoms with Gasteiger partial charge < -0.3 is 19.6 Å². The highest BCUT2D eigenvalue weighted by Crippen LogP contribution is 2.58. The van der Waals surface area contributed by atoms with Gasteiger partial charge in [-0.25, -0.2) is 39.9 Å². The Bertz CT molecular complexity index is 5360. The van der Waals surface area contributed by atoms with Gasteiger partial charge in [-0.3, -0.25) is 0 Å². The number of rotatable bonds is 16. The van der Waals surface area contributed by atoms with Gasteiger partial charge in [0, 0.05) is 101 Å². The summed E-state index contributed by atoms with van der Waals surface area (Å²) in [5.74, 6) is 0. The van der Waals surface area contributed by atoms with Gasteiger partial charge >= 0.3 is 0 Å². The Kier molecular flexibility index (Phi) is 17.8. The number of hydrogen-bond acceptors (Lipinski definition) is 12. The van der Waals surface area contributed by atoms with Crippen LogP contribution in [0.3, 0.4) is 0 Å². The Hall–Kier alpha value is -11.8. The second kappa shape index (κ2) is 27.2. The molecule has 12 heteroatoms. The molecule has 0 aliphatic heterocycles. The topological polar surface area (TPSA) is 116 Å². The van der Waals surface area contributed by atoms with Crippen molar-refractivity contribution in [2.24, 2.45) is 0 Å². The smallest absolute Gasteiger partial charge is 0.116 e. The minimum atomic E-state index is -0.124. The quantitative estimate of drug-likeness (QED) is 0.0858. The number of hydrogen-bond donors (Lipinski definition) is 0. The summed E-state index contributed by atoms with van der Waals surface area (Å²) < 4.78 is 0. The molecule has 538 valence electrons. The Morgan fingerprint density at radius 3 is 0.639 bits per heavy atom.